The van der Waals surface area contributed by atoms with Gasteiger partial charge in [-0.05, 0) is 31.5 Å². The molecule has 0 aliphatic heterocycles. The Bertz CT molecular complexity index is 866. The molecule has 0 radical (unpaired) electrons. The molecule has 2 heterocycles. The monoisotopic (exact) mass is 515 g/mol. The summed E-state index contributed by atoms with van der Waals surface area (Å²) in [7, 11) is 0. The zero-order valence-electron chi connectivity index (χ0n) is 15.5. The molecule has 0 spiro atoms. The molecule has 150 valence electrons. The summed E-state index contributed by atoms with van der Waals surface area (Å²) in [5.74, 6) is 1.65. The smallest absolute Gasteiger partial charge is 0.248 e. The van der Waals surface area contributed by atoms with Crippen LogP contribution in [0.25, 0.3) is 11.4 Å². The Hall–Kier alpha value is -2.14. The summed E-state index contributed by atoms with van der Waals surface area (Å²) in [4.78, 5) is 8.87. The van der Waals surface area contributed by atoms with Crippen LogP contribution in [0.15, 0.2) is 52.2 Å². The largest absolute Gasteiger partial charge is 0.357 e. The SMILES string of the molecule is CCNC(=NCc1nc(-c2cccc(Cl)c2)no1)NCCCn1cccn1.I. The van der Waals surface area contributed by atoms with Gasteiger partial charge in [-0.2, -0.15) is 10.1 Å². The molecule has 0 unspecified atom stereocenters. The van der Waals surface area contributed by atoms with E-state index in [1.807, 2.05) is 36.0 Å². The van der Waals surface area contributed by atoms with E-state index in [2.05, 4.69) is 30.9 Å². The second-order valence-electron chi connectivity index (χ2n) is 5.77. The number of rotatable bonds is 8. The van der Waals surface area contributed by atoms with Gasteiger partial charge in [0.05, 0.1) is 0 Å². The minimum atomic E-state index is 0. The molecule has 3 rings (SSSR count). The van der Waals surface area contributed by atoms with E-state index < -0.39 is 0 Å². The Morgan fingerprint density at radius 1 is 1.29 bits per heavy atom. The van der Waals surface area contributed by atoms with Gasteiger partial charge in [-0.3, -0.25) is 4.68 Å². The van der Waals surface area contributed by atoms with Crippen molar-refractivity contribution in [2.75, 3.05) is 13.1 Å². The van der Waals surface area contributed by atoms with Crippen molar-refractivity contribution in [3.8, 4) is 11.4 Å². The fourth-order valence-corrected chi connectivity index (χ4v) is 2.62. The number of hydrogen-bond acceptors (Lipinski definition) is 5. The van der Waals surface area contributed by atoms with Crippen LogP contribution in [0.2, 0.25) is 5.02 Å². The van der Waals surface area contributed by atoms with Crippen molar-refractivity contribution in [3.63, 3.8) is 0 Å². The molecule has 0 fully saturated rings. The lowest BCUT2D eigenvalue weighted by Gasteiger charge is -2.10. The summed E-state index contributed by atoms with van der Waals surface area (Å²) in [6.07, 6.45) is 4.67. The highest BCUT2D eigenvalue weighted by molar-refractivity contribution is 14.0. The highest BCUT2D eigenvalue weighted by Gasteiger charge is 2.09. The first kappa shape index (κ1) is 22.2. The number of guanidine groups is 1. The van der Waals surface area contributed by atoms with Crippen LogP contribution in [0.1, 0.15) is 19.2 Å². The molecule has 2 aromatic heterocycles. The third-order valence-corrected chi connectivity index (χ3v) is 3.92. The lowest BCUT2D eigenvalue weighted by Crippen LogP contribution is -2.38. The van der Waals surface area contributed by atoms with Crippen molar-refractivity contribution >= 4 is 41.5 Å². The molecular formula is C18H23ClIN7O. The highest BCUT2D eigenvalue weighted by atomic mass is 127. The molecule has 0 bridgehead atoms. The van der Waals surface area contributed by atoms with Crippen LogP contribution in [0.4, 0.5) is 0 Å². The van der Waals surface area contributed by atoms with Crippen LogP contribution in [-0.2, 0) is 13.1 Å². The van der Waals surface area contributed by atoms with Gasteiger partial charge < -0.3 is 15.2 Å². The Balaban J connectivity index is 0.00000280. The molecule has 0 amide bonds. The van der Waals surface area contributed by atoms with Gasteiger partial charge >= 0.3 is 0 Å². The van der Waals surface area contributed by atoms with Crippen LogP contribution in [0, 0.1) is 0 Å². The molecule has 10 heteroatoms. The summed E-state index contributed by atoms with van der Waals surface area (Å²) in [5, 5.41) is 15.3. The quantitative estimate of drug-likeness (QED) is 0.207. The third kappa shape index (κ3) is 6.79. The molecule has 1 aromatic carbocycles. The fourth-order valence-electron chi connectivity index (χ4n) is 2.43. The van der Waals surface area contributed by atoms with Crippen molar-refractivity contribution in [1.29, 1.82) is 0 Å². The number of aromatic nitrogens is 4. The van der Waals surface area contributed by atoms with Crippen molar-refractivity contribution in [2.24, 2.45) is 4.99 Å². The van der Waals surface area contributed by atoms with Crippen molar-refractivity contribution in [1.82, 2.24) is 30.6 Å². The molecule has 0 aliphatic carbocycles. The molecule has 28 heavy (non-hydrogen) atoms. The maximum atomic E-state index is 6.00. The van der Waals surface area contributed by atoms with Crippen molar-refractivity contribution in [2.45, 2.75) is 26.4 Å². The molecule has 2 N–H and O–H groups in total. The number of hydrogen-bond donors (Lipinski definition) is 2. The molecular weight excluding hydrogens is 493 g/mol. The van der Waals surface area contributed by atoms with Crippen molar-refractivity contribution in [3.05, 3.63) is 53.6 Å². The van der Waals surface area contributed by atoms with Gasteiger partial charge in [0.25, 0.3) is 0 Å². The molecule has 3 aromatic rings. The first-order valence-corrected chi connectivity index (χ1v) is 9.20. The predicted octanol–water partition coefficient (Wildman–Crippen LogP) is 3.35. The summed E-state index contributed by atoms with van der Waals surface area (Å²) in [6.45, 7) is 4.71. The van der Waals surface area contributed by atoms with Crippen LogP contribution < -0.4 is 10.6 Å². The molecule has 0 saturated heterocycles. The first-order valence-electron chi connectivity index (χ1n) is 8.82. The standard InChI is InChI=1S/C18H22ClN7O.HI/c1-2-20-18(21-8-4-10-26-11-5-9-23-26)22-13-16-24-17(25-27-16)14-6-3-7-15(19)12-14;/h3,5-7,9,11-12H,2,4,8,10,13H2,1H3,(H2,20,21,22);1H. The van der Waals surface area contributed by atoms with Gasteiger partial charge in [0.1, 0.15) is 6.54 Å². The minimum absolute atomic E-state index is 0. The number of halogens is 2. The van der Waals surface area contributed by atoms with Gasteiger partial charge in [-0.25, -0.2) is 4.99 Å². The van der Waals surface area contributed by atoms with Crippen molar-refractivity contribution < 1.29 is 4.52 Å². The average molecular weight is 516 g/mol. The van der Waals surface area contributed by atoms with Crippen LogP contribution in [0.3, 0.4) is 0 Å². The van der Waals surface area contributed by atoms with E-state index in [9.17, 15) is 0 Å². The number of nitrogens with zero attached hydrogens (tertiary/aromatic N) is 5. The number of nitrogens with one attached hydrogen (secondary N) is 2. The predicted molar refractivity (Wildman–Crippen MR) is 120 cm³/mol. The highest BCUT2D eigenvalue weighted by Crippen LogP contribution is 2.19. The summed E-state index contributed by atoms with van der Waals surface area (Å²) < 4.78 is 7.19. The Morgan fingerprint density at radius 2 is 2.18 bits per heavy atom. The second kappa shape index (κ2) is 11.6. The van der Waals surface area contributed by atoms with E-state index in [4.69, 9.17) is 16.1 Å². The number of benzene rings is 1. The minimum Gasteiger partial charge on any atom is -0.357 e. The average Bonchev–Trinajstić information content (AvgIpc) is 3.35. The molecule has 0 aliphatic rings. The topological polar surface area (TPSA) is 93.2 Å². The Labute approximate surface area is 185 Å². The lowest BCUT2D eigenvalue weighted by atomic mass is 10.2. The van der Waals surface area contributed by atoms with Gasteiger partial charge in [0, 0.05) is 42.6 Å². The molecule has 0 atom stereocenters. The Morgan fingerprint density at radius 3 is 2.93 bits per heavy atom. The first-order chi connectivity index (χ1) is 13.2. The van der Waals surface area contributed by atoms with E-state index in [0.717, 1.165) is 31.6 Å². The van der Waals surface area contributed by atoms with Crippen LogP contribution in [0.5, 0.6) is 0 Å². The molecule has 8 nitrogen and oxygen atoms in total. The van der Waals surface area contributed by atoms with E-state index in [0.29, 0.717) is 29.2 Å². The van der Waals surface area contributed by atoms with E-state index in [1.54, 1.807) is 18.3 Å². The van der Waals surface area contributed by atoms with E-state index in [-0.39, 0.29) is 24.0 Å². The normalized spacial score (nSPS) is 11.1. The summed E-state index contributed by atoms with van der Waals surface area (Å²) >= 11 is 6.00. The maximum Gasteiger partial charge on any atom is 0.248 e. The van der Waals surface area contributed by atoms with E-state index >= 15 is 0 Å². The third-order valence-electron chi connectivity index (χ3n) is 3.68. The second-order valence-corrected chi connectivity index (χ2v) is 6.20. The fraction of sp³-hybridized carbons (Fsp3) is 0.333. The van der Waals surface area contributed by atoms with E-state index in [1.165, 1.54) is 0 Å². The van der Waals surface area contributed by atoms with Crippen LogP contribution in [-0.4, -0.2) is 39.0 Å². The molecule has 0 saturated carbocycles. The van der Waals surface area contributed by atoms with Gasteiger partial charge in [0.2, 0.25) is 11.7 Å². The summed E-state index contributed by atoms with van der Waals surface area (Å²) in [5.41, 5.74) is 0.810. The maximum absolute atomic E-state index is 6.00. The Kier molecular flexibility index (Phi) is 9.21. The number of aryl methyl sites for hydroxylation is 1. The lowest BCUT2D eigenvalue weighted by molar-refractivity contribution is 0.380. The zero-order valence-corrected chi connectivity index (χ0v) is 18.6. The van der Waals surface area contributed by atoms with Gasteiger partial charge in [0.15, 0.2) is 5.96 Å². The van der Waals surface area contributed by atoms with Crippen LogP contribution >= 0.6 is 35.6 Å². The van der Waals surface area contributed by atoms with Gasteiger partial charge in [-0.15, -0.1) is 24.0 Å². The zero-order chi connectivity index (χ0) is 18.9. The van der Waals surface area contributed by atoms with Gasteiger partial charge in [-0.1, -0.05) is 28.9 Å². The summed E-state index contributed by atoms with van der Waals surface area (Å²) in [6, 6.07) is 9.25. The number of aliphatic imine (C=N–C) groups is 1.